The second-order valence-electron chi connectivity index (χ2n) is 52.6. The molecule has 0 aromatic rings. The van der Waals surface area contributed by atoms with E-state index in [-0.39, 0.29) is 35.6 Å². The van der Waals surface area contributed by atoms with Crippen LogP contribution in [-0.4, -0.2) is 224 Å². The Morgan fingerprint density at radius 1 is 0.324 bits per heavy atom. The number of carbonyl (C=O) groups excluding carboxylic acids is 6. The summed E-state index contributed by atoms with van der Waals surface area (Å²) >= 11 is 0. The molecule has 20 atom stereocenters. The molecule has 20 unspecified atom stereocenters. The van der Waals surface area contributed by atoms with Gasteiger partial charge in [0.2, 0.25) is 29.5 Å². The molecule has 0 aliphatic carbocycles. The summed E-state index contributed by atoms with van der Waals surface area (Å²) in [5.41, 5.74) is 2.18. The molecule has 10 saturated heterocycles. The molecule has 0 radical (unpaired) electrons. The maximum absolute atomic E-state index is 11.7. The normalized spacial score (nSPS) is 29.6. The summed E-state index contributed by atoms with van der Waals surface area (Å²) in [6.07, 6.45) is 7.29. The van der Waals surface area contributed by atoms with Crippen molar-refractivity contribution in [2.45, 2.75) is 408 Å². The van der Waals surface area contributed by atoms with E-state index in [1.807, 2.05) is 21.6 Å². The Hall–Kier alpha value is -3.97. The third-order valence-corrected chi connectivity index (χ3v) is 37.4. The van der Waals surface area contributed by atoms with Gasteiger partial charge in [-0.25, -0.2) is 13.2 Å². The van der Waals surface area contributed by atoms with Gasteiger partial charge in [-0.1, -0.05) is 297 Å². The summed E-state index contributed by atoms with van der Waals surface area (Å²) in [7, 11) is -0.482. The van der Waals surface area contributed by atoms with Gasteiger partial charge < -0.3 is 48.7 Å². The standard InChI is InChI=1S/C13H25NO2.2C13H25NO.C13H25N.2C12H23NO.C12H25N.C11H21NO.C11H22O.C10H20O2S/c1-6-16-13(15)14-7-11(9(2)3)12(8-14)10(4)5;2*1-9(2)12-7-6-8-14(11(5)15)13(12)10(3)4;1-9(2)12-7-8-14(11(5)6)13(12)10(3)4;1-8(2)11-6-13(10(5)14)7-12(11)9(3)4;1-8(2)11-6-7-13(10(5)14)12(11)9(3)4;1-9(2)11-7-13(6)8-12(11,5)10(3)4;1-7(2)10-6-12(9(5)13)11(10)8(3)4;1-8(2)10-6-12-7-11(10,5)9(3)4;1-7(2)9-5-13(11,12)6-10(9)8(3)4/h9-12H,6-8H2,1-5H3;2*9-10,12-13H,6-8H2,1-5H3;9-10,12-13H,5,7-8H2,1-4,6H3;2*8-9,11-12H,6-7H2,1-5H3;9-11H,7-8H2,1-6H3;7-8,10-11H,6H2,1-5H3;8-10H,6-7H2,1-5H3;7-10H,5-6H2,1-4H3. The second kappa shape index (κ2) is 61.1. The molecule has 19 heteroatoms. The summed E-state index contributed by atoms with van der Waals surface area (Å²) in [5.74, 6) is 23.9. The van der Waals surface area contributed by atoms with Gasteiger partial charge in [0.05, 0.1) is 31.3 Å². The first-order chi connectivity index (χ1) is 63.8. The fourth-order valence-corrected chi connectivity index (χ4v) is 29.1. The van der Waals surface area contributed by atoms with Crippen LogP contribution in [0.25, 0.3) is 0 Å². The summed E-state index contributed by atoms with van der Waals surface area (Å²) in [6.45, 7) is 126. The fraction of sp³-hybridized carbons (Fsp3) is 0.933. The van der Waals surface area contributed by atoms with Crippen LogP contribution in [0.15, 0.2) is 12.3 Å². The molecule has 0 spiro atoms. The summed E-state index contributed by atoms with van der Waals surface area (Å²) in [6, 6.07) is 2.57. The quantitative estimate of drug-likeness (QED) is 0.100. The number of likely N-dealkylation sites (tertiary alicyclic amines) is 8. The molecule has 10 aliphatic rings. The number of allylic oxidation sites excluding steroid dienone is 1. The first kappa shape index (κ1) is 133. The summed E-state index contributed by atoms with van der Waals surface area (Å²) in [4.78, 5) is 86.0. The van der Waals surface area contributed by atoms with Gasteiger partial charge in [0.1, 0.15) is 0 Å². The largest absolute Gasteiger partial charge is 0.450 e. The van der Waals surface area contributed by atoms with Crippen molar-refractivity contribution in [3.63, 3.8) is 0 Å². The monoisotopic (exact) mass is 1980 g/mol. The number of hydrogen-bond donors (Lipinski definition) is 0. The molecule has 0 aromatic heterocycles. The van der Waals surface area contributed by atoms with Gasteiger partial charge >= 0.3 is 6.09 Å². The molecular formula is C120H234N8O10S. The number of piperidine rings is 2. The zero-order chi connectivity index (χ0) is 108. The van der Waals surface area contributed by atoms with Gasteiger partial charge in [0.15, 0.2) is 9.84 Å². The summed E-state index contributed by atoms with van der Waals surface area (Å²) < 4.78 is 33.6. The van der Waals surface area contributed by atoms with E-state index < -0.39 is 9.84 Å². The highest BCUT2D eigenvalue weighted by Gasteiger charge is 2.50. The van der Waals surface area contributed by atoms with Crippen molar-refractivity contribution in [2.75, 3.05) is 110 Å². The van der Waals surface area contributed by atoms with Crippen LogP contribution in [-0.2, 0) is 43.3 Å². The average molecular weight is 1980 g/mol. The minimum atomic E-state index is -2.73. The van der Waals surface area contributed by atoms with Crippen LogP contribution in [0.1, 0.15) is 378 Å². The zero-order valence-electron chi connectivity index (χ0n) is 101. The van der Waals surface area contributed by atoms with Crippen molar-refractivity contribution in [3.05, 3.63) is 12.3 Å². The number of nitrogens with zero attached hydrogens (tertiary/aromatic N) is 8. The first-order valence-corrected chi connectivity index (χ1v) is 58.8. The van der Waals surface area contributed by atoms with E-state index in [4.69, 9.17) is 9.47 Å². The van der Waals surface area contributed by atoms with Gasteiger partial charge in [-0.15, -0.1) is 0 Å². The third-order valence-electron chi connectivity index (χ3n) is 35.6. The van der Waals surface area contributed by atoms with Crippen molar-refractivity contribution >= 4 is 45.5 Å². The number of rotatable bonds is 22. The van der Waals surface area contributed by atoms with Gasteiger partial charge in [0, 0.05) is 143 Å². The molecule has 139 heavy (non-hydrogen) atoms. The molecule has 18 nitrogen and oxygen atoms in total. The number of hydrogen-bond acceptors (Lipinski definition) is 12. The number of amides is 6. The number of carbonyl (C=O) groups is 6. The van der Waals surface area contributed by atoms with Crippen LogP contribution in [0.3, 0.4) is 0 Å². The van der Waals surface area contributed by atoms with Crippen molar-refractivity contribution in [3.8, 4) is 0 Å². The highest BCUT2D eigenvalue weighted by atomic mass is 32.2. The average Bonchev–Trinajstić information content (AvgIpc) is 1.51. The molecule has 0 N–H and O–H groups in total. The van der Waals surface area contributed by atoms with E-state index in [1.165, 1.54) is 63.9 Å². The zero-order valence-corrected chi connectivity index (χ0v) is 102. The third kappa shape index (κ3) is 39.6. The number of sulfone groups is 1. The Kier molecular flexibility index (Phi) is 58.5. The highest BCUT2D eigenvalue weighted by Crippen LogP contribution is 2.48. The van der Waals surface area contributed by atoms with Gasteiger partial charge in [0.25, 0.3) is 0 Å². The lowest BCUT2D eigenvalue weighted by Gasteiger charge is -2.52. The smallest absolute Gasteiger partial charge is 0.409 e. The van der Waals surface area contributed by atoms with E-state index in [2.05, 4.69) is 336 Å². The molecule has 0 bridgehead atoms. The molecule has 10 aliphatic heterocycles. The van der Waals surface area contributed by atoms with Crippen molar-refractivity contribution in [2.24, 2.45) is 206 Å². The van der Waals surface area contributed by atoms with Crippen LogP contribution in [0.2, 0.25) is 0 Å². The van der Waals surface area contributed by atoms with E-state index in [9.17, 15) is 37.2 Å². The Balaban J connectivity index is 0.000000773. The molecule has 6 amide bonds. The molecule has 0 saturated carbocycles. The Bertz CT molecular complexity index is 3480. The lowest BCUT2D eigenvalue weighted by Crippen LogP contribution is -2.61. The minimum absolute atomic E-state index is 0.142. The maximum Gasteiger partial charge on any atom is 0.409 e. The first-order valence-electron chi connectivity index (χ1n) is 57.0. The molecule has 820 valence electrons. The SMILES string of the molecule is C=C(C)N1CCC(C(C)C)C1C(C)C.CC(=O)N1CC(C(C)C)C(C(C)C)C1.CC(=O)N1CC(C(C)C)C1C(C)C.CC(=O)N1CCC(C(C)C)C1C(C)C.CC(=O)N1CCCC(C(C)C)C1C(C)C.CC(=O)N1CCCC(C(C)C)C1C(C)C.CC(C)C1CN(C)CC1(C)C(C)C.CC(C)C1COCC1(C)C(C)C.CC(C)C1CS(=O)(=O)CC1C(C)C.CCOC(=O)N1CC(C(C)C)C(C(C)C)C1. The van der Waals surface area contributed by atoms with Crippen molar-refractivity contribution < 1.29 is 46.7 Å². The lowest BCUT2D eigenvalue weighted by atomic mass is 9.67. The highest BCUT2D eigenvalue weighted by molar-refractivity contribution is 7.91. The van der Waals surface area contributed by atoms with Crippen LogP contribution < -0.4 is 0 Å². The van der Waals surface area contributed by atoms with Crippen LogP contribution >= 0.6 is 0 Å². The van der Waals surface area contributed by atoms with E-state index in [1.54, 1.807) is 34.6 Å². The molecular weight excluding hydrogens is 1750 g/mol. The fourth-order valence-electron chi connectivity index (χ4n) is 26.6. The lowest BCUT2D eigenvalue weighted by molar-refractivity contribution is -0.146. The second-order valence-corrected chi connectivity index (χ2v) is 54.8. The van der Waals surface area contributed by atoms with Gasteiger partial charge in [-0.3, -0.25) is 24.0 Å². The topological polar surface area (TPSA) is 181 Å². The molecule has 10 heterocycles. The van der Waals surface area contributed by atoms with Gasteiger partial charge in [-0.05, 0) is 266 Å². The van der Waals surface area contributed by atoms with E-state index >= 15 is 0 Å². The van der Waals surface area contributed by atoms with Crippen molar-refractivity contribution in [1.29, 1.82) is 0 Å². The molecule has 10 fully saturated rings. The van der Waals surface area contributed by atoms with Crippen LogP contribution in [0.4, 0.5) is 4.79 Å². The van der Waals surface area contributed by atoms with E-state index in [0.717, 1.165) is 119 Å². The maximum atomic E-state index is 11.7. The molecule has 0 aromatic carbocycles. The Labute approximate surface area is 862 Å². The van der Waals surface area contributed by atoms with Crippen LogP contribution in [0, 0.1) is 206 Å². The number of ether oxygens (including phenoxy) is 2. The van der Waals surface area contributed by atoms with Gasteiger partial charge in [-0.2, -0.15) is 0 Å². The Morgan fingerprint density at radius 2 is 0.604 bits per heavy atom. The summed E-state index contributed by atoms with van der Waals surface area (Å²) in [5, 5.41) is 0. The van der Waals surface area contributed by atoms with Crippen LogP contribution in [0.5, 0.6) is 0 Å². The van der Waals surface area contributed by atoms with Crippen molar-refractivity contribution in [1.82, 2.24) is 39.2 Å². The Morgan fingerprint density at radius 3 is 0.856 bits per heavy atom. The minimum Gasteiger partial charge on any atom is -0.450 e. The predicted molar refractivity (Wildman–Crippen MR) is 594 cm³/mol. The molecule has 10 rings (SSSR count). The van der Waals surface area contributed by atoms with E-state index in [0.29, 0.717) is 201 Å². The predicted octanol–water partition coefficient (Wildman–Crippen LogP) is 27.2.